The van der Waals surface area contributed by atoms with Crippen molar-refractivity contribution in [2.45, 2.75) is 18.4 Å². The molecule has 2 aliphatic rings. The van der Waals surface area contributed by atoms with Gasteiger partial charge in [-0.1, -0.05) is 6.58 Å². The zero-order chi connectivity index (χ0) is 9.47. The lowest BCUT2D eigenvalue weighted by molar-refractivity contribution is 0.102. The van der Waals surface area contributed by atoms with Crippen LogP contribution >= 0.6 is 0 Å². The van der Waals surface area contributed by atoms with E-state index >= 15 is 0 Å². The first-order chi connectivity index (χ1) is 6.18. The van der Waals surface area contributed by atoms with E-state index in [0.717, 1.165) is 25.5 Å². The van der Waals surface area contributed by atoms with Gasteiger partial charge in [0.25, 0.3) is 0 Å². The Morgan fingerprint density at radius 1 is 1.38 bits per heavy atom. The van der Waals surface area contributed by atoms with Gasteiger partial charge in [-0.2, -0.15) is 0 Å². The molecular formula is C10H17N3. The second-order valence-corrected chi connectivity index (χ2v) is 4.14. The predicted octanol–water partition coefficient (Wildman–Crippen LogP) is 0.938. The summed E-state index contributed by atoms with van der Waals surface area (Å²) in [5, 5.41) is 0. The Morgan fingerprint density at radius 3 is 2.62 bits per heavy atom. The van der Waals surface area contributed by atoms with E-state index in [0.29, 0.717) is 5.54 Å². The minimum absolute atomic E-state index is 0.450. The standard InChI is InChI=1S/C10H17N3/c1-9(11-2)13-7-6-12(3)10(8-13)4-5-10/h1-2,4-8H2,3H3. The number of likely N-dealkylation sites (N-methyl/N-ethyl adjacent to an activating group) is 1. The second-order valence-electron chi connectivity index (χ2n) is 4.14. The smallest absolute Gasteiger partial charge is 0.120 e. The highest BCUT2D eigenvalue weighted by molar-refractivity contribution is 5.28. The Balaban J connectivity index is 2.03. The van der Waals surface area contributed by atoms with Crippen LogP contribution in [0.1, 0.15) is 12.8 Å². The zero-order valence-electron chi connectivity index (χ0n) is 8.29. The lowest BCUT2D eigenvalue weighted by Crippen LogP contribution is -2.52. The highest BCUT2D eigenvalue weighted by atomic mass is 15.3. The fourth-order valence-corrected chi connectivity index (χ4v) is 2.07. The van der Waals surface area contributed by atoms with Crippen molar-refractivity contribution >= 4 is 6.72 Å². The van der Waals surface area contributed by atoms with Crippen molar-refractivity contribution in [2.75, 3.05) is 26.7 Å². The average molecular weight is 179 g/mol. The fourth-order valence-electron chi connectivity index (χ4n) is 2.07. The first-order valence-electron chi connectivity index (χ1n) is 4.80. The molecule has 3 nitrogen and oxygen atoms in total. The van der Waals surface area contributed by atoms with Crippen LogP contribution in [0, 0.1) is 0 Å². The molecule has 0 unspecified atom stereocenters. The summed E-state index contributed by atoms with van der Waals surface area (Å²) in [6.45, 7) is 10.7. The highest BCUT2D eigenvalue weighted by Crippen LogP contribution is 2.43. The monoisotopic (exact) mass is 179 g/mol. The van der Waals surface area contributed by atoms with Gasteiger partial charge in [-0.25, -0.2) is 4.99 Å². The number of hydrogen-bond acceptors (Lipinski definition) is 3. The minimum Gasteiger partial charge on any atom is -0.354 e. The Bertz CT molecular complexity index is 243. The molecule has 13 heavy (non-hydrogen) atoms. The number of aliphatic imine (C=N–C) groups is 1. The topological polar surface area (TPSA) is 18.8 Å². The molecule has 0 radical (unpaired) electrons. The molecule has 3 heteroatoms. The molecule has 0 aromatic rings. The molecule has 0 atom stereocenters. The summed E-state index contributed by atoms with van der Waals surface area (Å²) in [5.41, 5.74) is 0.450. The van der Waals surface area contributed by atoms with Crippen molar-refractivity contribution < 1.29 is 0 Å². The Labute approximate surface area is 79.7 Å². The summed E-state index contributed by atoms with van der Waals surface area (Å²) in [5.74, 6) is 0.833. The van der Waals surface area contributed by atoms with E-state index in [9.17, 15) is 0 Å². The van der Waals surface area contributed by atoms with Gasteiger partial charge in [0.2, 0.25) is 0 Å². The third-order valence-corrected chi connectivity index (χ3v) is 3.37. The third kappa shape index (κ3) is 1.37. The van der Waals surface area contributed by atoms with Crippen LogP contribution < -0.4 is 0 Å². The maximum atomic E-state index is 3.89. The molecule has 1 saturated carbocycles. The van der Waals surface area contributed by atoms with Crippen molar-refractivity contribution in [2.24, 2.45) is 4.99 Å². The van der Waals surface area contributed by atoms with Crippen LogP contribution in [0.25, 0.3) is 0 Å². The van der Waals surface area contributed by atoms with Crippen LogP contribution in [0.5, 0.6) is 0 Å². The predicted molar refractivity (Wildman–Crippen MR) is 54.9 cm³/mol. The van der Waals surface area contributed by atoms with Gasteiger partial charge in [-0.3, -0.25) is 4.90 Å². The van der Waals surface area contributed by atoms with Crippen LogP contribution in [0.3, 0.4) is 0 Å². The van der Waals surface area contributed by atoms with E-state index < -0.39 is 0 Å². The van der Waals surface area contributed by atoms with E-state index in [-0.39, 0.29) is 0 Å². The molecule has 2 rings (SSSR count). The molecule has 0 aromatic heterocycles. The van der Waals surface area contributed by atoms with Gasteiger partial charge in [-0.05, 0) is 26.6 Å². The van der Waals surface area contributed by atoms with Crippen LogP contribution in [0.15, 0.2) is 17.4 Å². The van der Waals surface area contributed by atoms with Gasteiger partial charge < -0.3 is 4.90 Å². The highest BCUT2D eigenvalue weighted by Gasteiger charge is 2.49. The molecule has 0 amide bonds. The van der Waals surface area contributed by atoms with Gasteiger partial charge in [0, 0.05) is 25.2 Å². The molecule has 2 fully saturated rings. The van der Waals surface area contributed by atoms with Crippen molar-refractivity contribution in [1.29, 1.82) is 0 Å². The summed E-state index contributed by atoms with van der Waals surface area (Å²) < 4.78 is 0. The van der Waals surface area contributed by atoms with Crippen molar-refractivity contribution in [3.05, 3.63) is 12.4 Å². The Morgan fingerprint density at radius 2 is 2.08 bits per heavy atom. The summed E-state index contributed by atoms with van der Waals surface area (Å²) in [6, 6.07) is 0. The first kappa shape index (κ1) is 8.75. The lowest BCUT2D eigenvalue weighted by Gasteiger charge is -2.40. The molecule has 1 aliphatic carbocycles. The van der Waals surface area contributed by atoms with Crippen LogP contribution in [0.4, 0.5) is 0 Å². The number of rotatable bonds is 2. The van der Waals surface area contributed by atoms with E-state index in [1.165, 1.54) is 12.8 Å². The lowest BCUT2D eigenvalue weighted by atomic mass is 10.1. The molecule has 1 saturated heterocycles. The summed E-state index contributed by atoms with van der Waals surface area (Å²) in [6.07, 6.45) is 2.65. The van der Waals surface area contributed by atoms with E-state index in [2.05, 4.69) is 35.1 Å². The van der Waals surface area contributed by atoms with Crippen molar-refractivity contribution in [3.8, 4) is 0 Å². The normalized spacial score (nSPS) is 26.1. The largest absolute Gasteiger partial charge is 0.354 e. The molecule has 0 aromatic carbocycles. The van der Waals surface area contributed by atoms with E-state index in [1.807, 2.05) is 0 Å². The maximum absolute atomic E-state index is 3.89. The van der Waals surface area contributed by atoms with Gasteiger partial charge in [0.05, 0.1) is 0 Å². The number of nitrogens with zero attached hydrogens (tertiary/aromatic N) is 3. The summed E-state index contributed by atoms with van der Waals surface area (Å²) in [7, 11) is 2.22. The average Bonchev–Trinajstić information content (AvgIpc) is 2.90. The minimum atomic E-state index is 0.450. The van der Waals surface area contributed by atoms with E-state index in [4.69, 9.17) is 0 Å². The third-order valence-electron chi connectivity index (χ3n) is 3.37. The van der Waals surface area contributed by atoms with Crippen LogP contribution in [0.2, 0.25) is 0 Å². The first-order valence-corrected chi connectivity index (χ1v) is 4.80. The molecular weight excluding hydrogens is 162 g/mol. The Hall–Kier alpha value is -0.830. The van der Waals surface area contributed by atoms with Gasteiger partial charge >= 0.3 is 0 Å². The van der Waals surface area contributed by atoms with Gasteiger partial charge in [-0.15, -0.1) is 0 Å². The van der Waals surface area contributed by atoms with Gasteiger partial charge in [0.15, 0.2) is 0 Å². The fraction of sp³-hybridized carbons (Fsp3) is 0.700. The quantitative estimate of drug-likeness (QED) is 0.587. The Kier molecular flexibility index (Phi) is 1.91. The number of hydrogen-bond donors (Lipinski definition) is 0. The summed E-state index contributed by atoms with van der Waals surface area (Å²) >= 11 is 0. The van der Waals surface area contributed by atoms with Crippen molar-refractivity contribution in [1.82, 2.24) is 9.80 Å². The van der Waals surface area contributed by atoms with Crippen LogP contribution in [-0.4, -0.2) is 48.7 Å². The molecule has 0 bridgehead atoms. The SMILES string of the molecule is C=NC(=C)N1CCN(C)C2(CC2)C1. The van der Waals surface area contributed by atoms with E-state index in [1.54, 1.807) is 0 Å². The van der Waals surface area contributed by atoms with Gasteiger partial charge in [0.1, 0.15) is 5.82 Å². The van der Waals surface area contributed by atoms with Crippen molar-refractivity contribution in [3.63, 3.8) is 0 Å². The molecule has 72 valence electrons. The summed E-state index contributed by atoms with van der Waals surface area (Å²) in [4.78, 5) is 8.62. The zero-order valence-corrected chi connectivity index (χ0v) is 8.29. The van der Waals surface area contributed by atoms with Crippen LogP contribution in [-0.2, 0) is 0 Å². The molecule has 1 heterocycles. The number of piperazine rings is 1. The second kappa shape index (κ2) is 2.84. The molecule has 1 spiro atoms. The maximum Gasteiger partial charge on any atom is 0.120 e. The molecule has 1 aliphatic heterocycles. The molecule has 0 N–H and O–H groups in total.